The number of nitrogens with two attached hydrogens (primary N) is 1. The number of aryl methyl sites for hydroxylation is 1. The summed E-state index contributed by atoms with van der Waals surface area (Å²) < 4.78 is 20.1. The second kappa shape index (κ2) is 7.76. The van der Waals surface area contributed by atoms with Crippen molar-refractivity contribution >= 4 is 11.7 Å². The fourth-order valence-electron chi connectivity index (χ4n) is 3.16. The summed E-state index contributed by atoms with van der Waals surface area (Å²) in [5.41, 5.74) is 6.73. The summed E-state index contributed by atoms with van der Waals surface area (Å²) in [6.07, 6.45) is 2.70. The van der Waals surface area contributed by atoms with E-state index in [2.05, 4.69) is 16.5 Å². The number of nitriles is 1. The SMILES string of the molecule is CC1(C(=O)NCCCc2nn(-c3ccc(F)cc3)c(N)c2C#N)CCCO1. The lowest BCUT2D eigenvalue weighted by Crippen LogP contribution is -2.44. The van der Waals surface area contributed by atoms with Crippen molar-refractivity contribution in [1.82, 2.24) is 15.1 Å². The van der Waals surface area contributed by atoms with Crippen LogP contribution in [0.25, 0.3) is 5.69 Å². The molecular formula is C19H22FN5O2. The van der Waals surface area contributed by atoms with Crippen molar-refractivity contribution in [3.05, 3.63) is 41.3 Å². The van der Waals surface area contributed by atoms with Crippen molar-refractivity contribution in [2.75, 3.05) is 18.9 Å². The van der Waals surface area contributed by atoms with Crippen LogP contribution in [0.4, 0.5) is 10.2 Å². The first kappa shape index (κ1) is 18.9. The lowest BCUT2D eigenvalue weighted by Gasteiger charge is -2.21. The number of halogens is 1. The number of amides is 1. The van der Waals surface area contributed by atoms with Crippen LogP contribution in [-0.2, 0) is 16.0 Å². The Balaban J connectivity index is 1.63. The fourth-order valence-corrected chi connectivity index (χ4v) is 3.16. The maximum absolute atomic E-state index is 13.1. The molecule has 0 aliphatic carbocycles. The zero-order chi connectivity index (χ0) is 19.4. The van der Waals surface area contributed by atoms with Gasteiger partial charge in [-0.3, -0.25) is 4.79 Å². The number of carbonyl (C=O) groups excluding carboxylic acids is 1. The Morgan fingerprint density at radius 2 is 2.22 bits per heavy atom. The Morgan fingerprint density at radius 3 is 2.85 bits per heavy atom. The Morgan fingerprint density at radius 1 is 1.48 bits per heavy atom. The molecule has 3 rings (SSSR count). The minimum atomic E-state index is -0.744. The number of aromatic nitrogens is 2. The van der Waals surface area contributed by atoms with E-state index in [1.54, 1.807) is 19.1 Å². The lowest BCUT2D eigenvalue weighted by molar-refractivity contribution is -0.139. The first-order valence-corrected chi connectivity index (χ1v) is 8.90. The highest BCUT2D eigenvalue weighted by Crippen LogP contribution is 2.25. The number of nitrogen functional groups attached to an aromatic ring is 1. The van der Waals surface area contributed by atoms with Gasteiger partial charge < -0.3 is 15.8 Å². The number of nitrogens with one attached hydrogen (secondary N) is 1. The van der Waals surface area contributed by atoms with E-state index in [1.165, 1.54) is 16.8 Å². The quantitative estimate of drug-likeness (QED) is 0.756. The van der Waals surface area contributed by atoms with E-state index in [4.69, 9.17) is 10.5 Å². The van der Waals surface area contributed by atoms with E-state index in [0.717, 1.165) is 12.8 Å². The molecule has 1 unspecified atom stereocenters. The van der Waals surface area contributed by atoms with Crippen molar-refractivity contribution in [3.63, 3.8) is 0 Å². The Labute approximate surface area is 156 Å². The number of benzene rings is 1. The molecule has 27 heavy (non-hydrogen) atoms. The first-order valence-electron chi connectivity index (χ1n) is 8.90. The highest BCUT2D eigenvalue weighted by molar-refractivity contribution is 5.84. The summed E-state index contributed by atoms with van der Waals surface area (Å²) in [4.78, 5) is 12.2. The summed E-state index contributed by atoms with van der Waals surface area (Å²) in [6.45, 7) is 2.86. The minimum Gasteiger partial charge on any atom is -0.382 e. The molecule has 0 spiro atoms. The average molecular weight is 371 g/mol. The van der Waals surface area contributed by atoms with Crippen LogP contribution in [0.3, 0.4) is 0 Å². The molecule has 0 radical (unpaired) electrons. The molecule has 0 saturated carbocycles. The predicted octanol–water partition coefficient (Wildman–Crippen LogP) is 2.08. The van der Waals surface area contributed by atoms with Gasteiger partial charge >= 0.3 is 0 Å². The molecule has 142 valence electrons. The van der Waals surface area contributed by atoms with Crippen LogP contribution < -0.4 is 11.1 Å². The van der Waals surface area contributed by atoms with E-state index in [0.29, 0.717) is 42.9 Å². The monoisotopic (exact) mass is 371 g/mol. The molecule has 3 N–H and O–H groups in total. The smallest absolute Gasteiger partial charge is 0.251 e. The van der Waals surface area contributed by atoms with Crippen LogP contribution in [0.1, 0.15) is 37.4 Å². The summed E-state index contributed by atoms with van der Waals surface area (Å²) >= 11 is 0. The van der Waals surface area contributed by atoms with Crippen molar-refractivity contribution in [2.45, 2.75) is 38.2 Å². The molecule has 1 amide bonds. The average Bonchev–Trinajstić information content (AvgIpc) is 3.23. The van der Waals surface area contributed by atoms with Gasteiger partial charge in [0.25, 0.3) is 5.91 Å². The van der Waals surface area contributed by atoms with Crippen LogP contribution in [0, 0.1) is 17.1 Å². The van der Waals surface area contributed by atoms with Gasteiger partial charge in [0, 0.05) is 13.2 Å². The first-order chi connectivity index (χ1) is 12.9. The number of carbonyl (C=O) groups is 1. The number of hydrogen-bond donors (Lipinski definition) is 2. The maximum atomic E-state index is 13.1. The van der Waals surface area contributed by atoms with Crippen LogP contribution in [-0.4, -0.2) is 34.4 Å². The van der Waals surface area contributed by atoms with Gasteiger partial charge in [-0.05, 0) is 56.9 Å². The van der Waals surface area contributed by atoms with Crippen LogP contribution in [0.5, 0.6) is 0 Å². The molecule has 1 aliphatic heterocycles. The van der Waals surface area contributed by atoms with Gasteiger partial charge in [0.15, 0.2) is 0 Å². The highest BCUT2D eigenvalue weighted by Gasteiger charge is 2.37. The maximum Gasteiger partial charge on any atom is 0.251 e. The van der Waals surface area contributed by atoms with E-state index in [-0.39, 0.29) is 17.5 Å². The number of rotatable bonds is 6. The molecule has 2 heterocycles. The molecule has 1 aliphatic rings. The molecule has 1 aromatic heterocycles. The van der Waals surface area contributed by atoms with Gasteiger partial charge in [0.1, 0.15) is 28.9 Å². The predicted molar refractivity (Wildman–Crippen MR) is 97.6 cm³/mol. The second-order valence-electron chi connectivity index (χ2n) is 6.75. The summed E-state index contributed by atoms with van der Waals surface area (Å²) in [5.74, 6) is -0.257. The highest BCUT2D eigenvalue weighted by atomic mass is 19.1. The molecule has 8 heteroatoms. The third-order valence-electron chi connectivity index (χ3n) is 4.75. The largest absolute Gasteiger partial charge is 0.382 e. The number of hydrogen-bond acceptors (Lipinski definition) is 5. The van der Waals surface area contributed by atoms with Gasteiger partial charge in [-0.2, -0.15) is 10.4 Å². The van der Waals surface area contributed by atoms with Crippen molar-refractivity contribution < 1.29 is 13.9 Å². The summed E-state index contributed by atoms with van der Waals surface area (Å²) in [7, 11) is 0. The third-order valence-corrected chi connectivity index (χ3v) is 4.75. The standard InChI is InChI=1S/C19H22FN5O2/c1-19(9-3-11-27-19)18(26)23-10-2-4-16-15(12-21)17(22)25(24-16)14-7-5-13(20)6-8-14/h5-8H,2-4,9-11,22H2,1H3,(H,23,26). The van der Waals surface area contributed by atoms with Gasteiger partial charge in [-0.1, -0.05) is 0 Å². The molecule has 1 aromatic carbocycles. The molecule has 1 saturated heterocycles. The number of nitrogens with zero attached hydrogens (tertiary/aromatic N) is 3. The van der Waals surface area contributed by atoms with Crippen LogP contribution in [0.15, 0.2) is 24.3 Å². The van der Waals surface area contributed by atoms with Crippen molar-refractivity contribution in [2.24, 2.45) is 0 Å². The number of anilines is 1. The molecule has 7 nitrogen and oxygen atoms in total. The summed E-state index contributed by atoms with van der Waals surface area (Å²) in [6, 6.07) is 7.79. The third kappa shape index (κ3) is 3.93. The Bertz CT molecular complexity index is 863. The molecule has 1 fully saturated rings. The van der Waals surface area contributed by atoms with Gasteiger partial charge in [-0.15, -0.1) is 0 Å². The minimum absolute atomic E-state index is 0.114. The fraction of sp³-hybridized carbons (Fsp3) is 0.421. The topological polar surface area (TPSA) is 106 Å². The van der Waals surface area contributed by atoms with Crippen molar-refractivity contribution in [3.8, 4) is 11.8 Å². The van der Waals surface area contributed by atoms with Crippen molar-refractivity contribution in [1.29, 1.82) is 5.26 Å². The number of ether oxygens (including phenoxy) is 1. The van der Waals surface area contributed by atoms with Crippen LogP contribution in [0.2, 0.25) is 0 Å². The summed E-state index contributed by atoms with van der Waals surface area (Å²) in [5, 5.41) is 16.7. The van der Waals surface area contributed by atoms with Gasteiger partial charge in [0.2, 0.25) is 0 Å². The molecular weight excluding hydrogens is 349 g/mol. The Hall–Kier alpha value is -2.92. The van der Waals surface area contributed by atoms with E-state index in [9.17, 15) is 14.4 Å². The normalized spacial score (nSPS) is 19.0. The molecule has 1 atom stereocenters. The zero-order valence-electron chi connectivity index (χ0n) is 15.2. The second-order valence-corrected chi connectivity index (χ2v) is 6.75. The molecule has 0 bridgehead atoms. The zero-order valence-corrected chi connectivity index (χ0v) is 15.2. The van der Waals surface area contributed by atoms with E-state index >= 15 is 0 Å². The van der Waals surface area contributed by atoms with Gasteiger partial charge in [0.05, 0.1) is 11.4 Å². The lowest BCUT2D eigenvalue weighted by atomic mass is 10.0. The van der Waals surface area contributed by atoms with E-state index in [1.807, 2.05) is 0 Å². The van der Waals surface area contributed by atoms with E-state index < -0.39 is 5.60 Å². The Kier molecular flexibility index (Phi) is 5.42. The van der Waals surface area contributed by atoms with Crippen LogP contribution >= 0.6 is 0 Å². The van der Waals surface area contributed by atoms with Gasteiger partial charge in [-0.25, -0.2) is 9.07 Å². The molecule has 2 aromatic rings.